The standard InChI is InChI=1S/C14H29N3O2/c1-11(2)13(15)14(18)16-12-5-8-17(9-6-12)7-4-10-19-3/h11-13H,4-10,15H2,1-3H3,(H,16,18)/t13-/m0/s1. The molecule has 1 saturated heterocycles. The second-order valence-corrected chi connectivity index (χ2v) is 5.74. The van der Waals surface area contributed by atoms with Crippen LogP contribution in [0.5, 0.6) is 0 Å². The SMILES string of the molecule is COCCCN1CCC(NC(=O)[C@@H](N)C(C)C)CC1. The number of methoxy groups -OCH3 is 1. The monoisotopic (exact) mass is 271 g/mol. The summed E-state index contributed by atoms with van der Waals surface area (Å²) >= 11 is 0. The van der Waals surface area contributed by atoms with Crippen molar-refractivity contribution in [1.29, 1.82) is 0 Å². The van der Waals surface area contributed by atoms with Crippen LogP contribution in [0.4, 0.5) is 0 Å². The predicted octanol–water partition coefficient (Wildman–Crippen LogP) is 0.587. The molecule has 0 bridgehead atoms. The molecule has 112 valence electrons. The zero-order valence-corrected chi connectivity index (χ0v) is 12.5. The molecule has 0 aromatic heterocycles. The molecule has 0 aromatic rings. The van der Waals surface area contributed by atoms with Crippen molar-refractivity contribution in [1.82, 2.24) is 10.2 Å². The highest BCUT2D eigenvalue weighted by Crippen LogP contribution is 2.11. The summed E-state index contributed by atoms with van der Waals surface area (Å²) in [6, 6.07) is -0.101. The minimum absolute atomic E-state index is 0.00664. The molecular weight excluding hydrogens is 242 g/mol. The lowest BCUT2D eigenvalue weighted by atomic mass is 10.0. The van der Waals surface area contributed by atoms with Crippen molar-refractivity contribution in [3.8, 4) is 0 Å². The number of amides is 1. The topological polar surface area (TPSA) is 67.6 Å². The lowest BCUT2D eigenvalue weighted by Gasteiger charge is -2.33. The van der Waals surface area contributed by atoms with Crippen LogP contribution in [-0.2, 0) is 9.53 Å². The molecule has 1 aliphatic rings. The Morgan fingerprint density at radius 1 is 1.42 bits per heavy atom. The summed E-state index contributed by atoms with van der Waals surface area (Å²) in [5.41, 5.74) is 5.85. The van der Waals surface area contributed by atoms with Gasteiger partial charge in [0.05, 0.1) is 6.04 Å². The molecule has 5 nitrogen and oxygen atoms in total. The van der Waals surface area contributed by atoms with Crippen LogP contribution in [0.3, 0.4) is 0 Å². The molecule has 19 heavy (non-hydrogen) atoms. The number of carbonyl (C=O) groups excluding carboxylic acids is 1. The molecule has 1 amide bonds. The molecule has 0 aromatic carbocycles. The smallest absolute Gasteiger partial charge is 0.237 e. The number of likely N-dealkylation sites (tertiary alicyclic amines) is 1. The first-order valence-corrected chi connectivity index (χ1v) is 7.31. The highest BCUT2D eigenvalue weighted by Gasteiger charge is 2.23. The molecule has 0 radical (unpaired) electrons. The lowest BCUT2D eigenvalue weighted by molar-refractivity contribution is -0.124. The average molecular weight is 271 g/mol. The van der Waals surface area contributed by atoms with Gasteiger partial charge in [0.25, 0.3) is 0 Å². The van der Waals surface area contributed by atoms with Crippen LogP contribution in [0.1, 0.15) is 33.1 Å². The zero-order valence-electron chi connectivity index (χ0n) is 12.5. The molecule has 0 unspecified atom stereocenters. The molecule has 3 N–H and O–H groups in total. The minimum Gasteiger partial charge on any atom is -0.385 e. The Morgan fingerprint density at radius 2 is 2.05 bits per heavy atom. The van der Waals surface area contributed by atoms with Crippen molar-refractivity contribution in [3.05, 3.63) is 0 Å². The van der Waals surface area contributed by atoms with Gasteiger partial charge in [-0.1, -0.05) is 13.8 Å². The largest absolute Gasteiger partial charge is 0.385 e. The van der Waals surface area contributed by atoms with Gasteiger partial charge in [-0.15, -0.1) is 0 Å². The first-order valence-electron chi connectivity index (χ1n) is 7.31. The van der Waals surface area contributed by atoms with E-state index in [1.54, 1.807) is 7.11 Å². The van der Waals surface area contributed by atoms with Crippen molar-refractivity contribution < 1.29 is 9.53 Å². The van der Waals surface area contributed by atoms with Crippen molar-refractivity contribution in [2.24, 2.45) is 11.7 Å². The van der Waals surface area contributed by atoms with Crippen LogP contribution in [0.2, 0.25) is 0 Å². The fourth-order valence-corrected chi connectivity index (χ4v) is 2.33. The van der Waals surface area contributed by atoms with Crippen LogP contribution in [0.25, 0.3) is 0 Å². The quantitative estimate of drug-likeness (QED) is 0.665. The second-order valence-electron chi connectivity index (χ2n) is 5.74. The van der Waals surface area contributed by atoms with E-state index in [1.807, 2.05) is 13.8 Å². The van der Waals surface area contributed by atoms with Gasteiger partial charge >= 0.3 is 0 Å². The number of hydrogen-bond donors (Lipinski definition) is 2. The Hall–Kier alpha value is -0.650. The average Bonchev–Trinajstić information content (AvgIpc) is 2.40. The van der Waals surface area contributed by atoms with Gasteiger partial charge in [0.15, 0.2) is 0 Å². The molecular formula is C14H29N3O2. The van der Waals surface area contributed by atoms with Gasteiger partial charge in [0.1, 0.15) is 0 Å². The molecule has 1 atom stereocenters. The second kappa shape index (κ2) is 8.51. The zero-order chi connectivity index (χ0) is 14.3. The van der Waals surface area contributed by atoms with Crippen molar-refractivity contribution in [2.45, 2.75) is 45.2 Å². The van der Waals surface area contributed by atoms with Crippen LogP contribution in [-0.4, -0.2) is 56.2 Å². The third kappa shape index (κ3) is 5.89. The lowest BCUT2D eigenvalue weighted by Crippen LogP contribution is -2.51. The molecule has 1 fully saturated rings. The molecule has 5 heteroatoms. The maximum Gasteiger partial charge on any atom is 0.237 e. The van der Waals surface area contributed by atoms with Crippen molar-refractivity contribution >= 4 is 5.91 Å². The van der Waals surface area contributed by atoms with E-state index >= 15 is 0 Å². The Bertz CT molecular complexity index is 263. The van der Waals surface area contributed by atoms with Gasteiger partial charge in [-0.25, -0.2) is 0 Å². The number of nitrogens with zero attached hydrogens (tertiary/aromatic N) is 1. The molecule has 1 aliphatic heterocycles. The Kier molecular flexibility index (Phi) is 7.34. The Balaban J connectivity index is 2.21. The van der Waals surface area contributed by atoms with E-state index in [4.69, 9.17) is 10.5 Å². The molecule has 0 spiro atoms. The number of carbonyl (C=O) groups is 1. The third-order valence-corrected chi connectivity index (χ3v) is 3.78. The molecule has 0 saturated carbocycles. The first-order chi connectivity index (χ1) is 9.04. The van der Waals surface area contributed by atoms with Crippen molar-refractivity contribution in [2.75, 3.05) is 33.4 Å². The Labute approximate surface area is 116 Å². The summed E-state index contributed by atoms with van der Waals surface area (Å²) in [6.07, 6.45) is 3.11. The third-order valence-electron chi connectivity index (χ3n) is 3.78. The maximum atomic E-state index is 11.9. The summed E-state index contributed by atoms with van der Waals surface area (Å²) in [5.74, 6) is 0.182. The van der Waals surface area contributed by atoms with Gasteiger partial charge in [-0.05, 0) is 25.2 Å². The fourth-order valence-electron chi connectivity index (χ4n) is 2.33. The number of ether oxygens (including phenoxy) is 1. The van der Waals surface area contributed by atoms with Crippen molar-refractivity contribution in [3.63, 3.8) is 0 Å². The summed E-state index contributed by atoms with van der Waals surface area (Å²) < 4.78 is 5.06. The Morgan fingerprint density at radius 3 is 2.58 bits per heavy atom. The van der Waals surface area contributed by atoms with E-state index in [1.165, 1.54) is 0 Å². The van der Waals surface area contributed by atoms with Gasteiger partial charge in [-0.3, -0.25) is 4.79 Å². The number of nitrogens with one attached hydrogen (secondary N) is 1. The van der Waals surface area contributed by atoms with Gasteiger partial charge < -0.3 is 20.7 Å². The highest BCUT2D eigenvalue weighted by molar-refractivity contribution is 5.82. The van der Waals surface area contributed by atoms with Crippen LogP contribution >= 0.6 is 0 Å². The van der Waals surface area contributed by atoms with E-state index in [2.05, 4.69) is 10.2 Å². The van der Waals surface area contributed by atoms with Gasteiger partial charge in [0, 0.05) is 39.4 Å². The summed E-state index contributed by atoms with van der Waals surface area (Å²) in [6.45, 7) is 7.95. The van der Waals surface area contributed by atoms with E-state index in [-0.39, 0.29) is 23.9 Å². The predicted molar refractivity (Wildman–Crippen MR) is 76.9 cm³/mol. The number of piperidine rings is 1. The van der Waals surface area contributed by atoms with Crippen LogP contribution in [0.15, 0.2) is 0 Å². The summed E-state index contributed by atoms with van der Waals surface area (Å²) in [5, 5.41) is 3.07. The van der Waals surface area contributed by atoms with Crippen LogP contribution < -0.4 is 11.1 Å². The number of nitrogens with two attached hydrogens (primary N) is 1. The van der Waals surface area contributed by atoms with E-state index < -0.39 is 0 Å². The number of hydrogen-bond acceptors (Lipinski definition) is 4. The van der Waals surface area contributed by atoms with E-state index in [0.29, 0.717) is 0 Å². The molecule has 1 heterocycles. The van der Waals surface area contributed by atoms with E-state index in [0.717, 1.165) is 45.5 Å². The summed E-state index contributed by atoms with van der Waals surface area (Å²) in [4.78, 5) is 14.3. The highest BCUT2D eigenvalue weighted by atomic mass is 16.5. The van der Waals surface area contributed by atoms with Crippen LogP contribution in [0, 0.1) is 5.92 Å². The maximum absolute atomic E-state index is 11.9. The molecule has 0 aliphatic carbocycles. The van der Waals surface area contributed by atoms with Gasteiger partial charge in [0.2, 0.25) is 5.91 Å². The fraction of sp³-hybridized carbons (Fsp3) is 0.929. The molecule has 1 rings (SSSR count). The summed E-state index contributed by atoms with van der Waals surface area (Å²) in [7, 11) is 1.74. The minimum atomic E-state index is -0.389. The first kappa shape index (κ1) is 16.4. The van der Waals surface area contributed by atoms with E-state index in [9.17, 15) is 4.79 Å². The van der Waals surface area contributed by atoms with Gasteiger partial charge in [-0.2, -0.15) is 0 Å². The normalized spacial score (nSPS) is 19.6. The number of rotatable bonds is 7.